The van der Waals surface area contributed by atoms with E-state index in [0.29, 0.717) is 5.92 Å². The van der Waals surface area contributed by atoms with Crippen LogP contribution in [0.4, 0.5) is 0 Å². The third kappa shape index (κ3) is 2.88. The molecular weight excluding hydrogens is 196 g/mol. The number of hydrogen-bond acceptors (Lipinski definition) is 1. The average molecular weight is 222 g/mol. The molecule has 16 heavy (non-hydrogen) atoms. The molecule has 0 bridgehead atoms. The van der Waals surface area contributed by atoms with E-state index in [4.69, 9.17) is 0 Å². The lowest BCUT2D eigenvalue weighted by molar-refractivity contribution is 0.109. The van der Waals surface area contributed by atoms with E-state index >= 15 is 0 Å². The molecule has 1 saturated carbocycles. The maximum absolute atomic E-state index is 9.87. The van der Waals surface area contributed by atoms with E-state index in [1.807, 2.05) is 0 Å². The molecule has 2 aliphatic rings. The molecule has 1 nitrogen and oxygen atoms in total. The number of aliphatic hydroxyl groups is 1. The van der Waals surface area contributed by atoms with Gasteiger partial charge in [-0.05, 0) is 63.2 Å². The molecule has 0 aromatic heterocycles. The fourth-order valence-corrected chi connectivity index (χ4v) is 3.46. The van der Waals surface area contributed by atoms with Gasteiger partial charge in [-0.2, -0.15) is 0 Å². The first kappa shape index (κ1) is 12.2. The normalized spacial score (nSPS) is 37.2. The van der Waals surface area contributed by atoms with Gasteiger partial charge in [-0.25, -0.2) is 0 Å². The molecule has 2 rings (SSSR count). The van der Waals surface area contributed by atoms with Crippen molar-refractivity contribution in [1.82, 2.24) is 0 Å². The largest absolute Gasteiger partial charge is 0.393 e. The first-order valence-corrected chi connectivity index (χ1v) is 7.00. The highest BCUT2D eigenvalue weighted by molar-refractivity contribution is 5.03. The van der Waals surface area contributed by atoms with Gasteiger partial charge in [0.05, 0.1) is 6.10 Å². The Balaban J connectivity index is 1.81. The van der Waals surface area contributed by atoms with Crippen molar-refractivity contribution in [3.05, 3.63) is 11.6 Å². The van der Waals surface area contributed by atoms with Crippen LogP contribution in [-0.4, -0.2) is 11.2 Å². The Morgan fingerprint density at radius 1 is 1.38 bits per heavy atom. The quantitative estimate of drug-likeness (QED) is 0.718. The van der Waals surface area contributed by atoms with Crippen LogP contribution in [0.3, 0.4) is 0 Å². The van der Waals surface area contributed by atoms with E-state index in [0.717, 1.165) is 18.3 Å². The second-order valence-electron chi connectivity index (χ2n) is 6.06. The second-order valence-corrected chi connectivity index (χ2v) is 6.06. The molecule has 0 saturated heterocycles. The van der Waals surface area contributed by atoms with Crippen LogP contribution in [0.15, 0.2) is 11.6 Å². The highest BCUT2D eigenvalue weighted by Crippen LogP contribution is 2.37. The summed E-state index contributed by atoms with van der Waals surface area (Å²) in [5.41, 5.74) is 1.57. The summed E-state index contributed by atoms with van der Waals surface area (Å²) in [6.45, 7) is 4.64. The zero-order valence-corrected chi connectivity index (χ0v) is 10.8. The summed E-state index contributed by atoms with van der Waals surface area (Å²) in [7, 11) is 0. The van der Waals surface area contributed by atoms with Gasteiger partial charge in [0, 0.05) is 0 Å². The summed E-state index contributed by atoms with van der Waals surface area (Å²) < 4.78 is 0. The molecule has 2 aliphatic carbocycles. The molecule has 1 N–H and O–H groups in total. The molecule has 0 aromatic rings. The van der Waals surface area contributed by atoms with Crippen LogP contribution >= 0.6 is 0 Å². The minimum atomic E-state index is 0.00307. The number of aliphatic hydroxyl groups excluding tert-OH is 1. The molecule has 4 atom stereocenters. The van der Waals surface area contributed by atoms with E-state index in [-0.39, 0.29) is 6.10 Å². The Kier molecular flexibility index (Phi) is 4.07. The van der Waals surface area contributed by atoms with E-state index in [1.54, 1.807) is 5.57 Å². The van der Waals surface area contributed by atoms with Crippen molar-refractivity contribution in [2.45, 2.75) is 64.9 Å². The predicted octanol–water partition coefficient (Wildman–Crippen LogP) is 3.92. The molecule has 0 heterocycles. The zero-order valence-electron chi connectivity index (χ0n) is 10.8. The maximum atomic E-state index is 9.87. The van der Waals surface area contributed by atoms with Gasteiger partial charge in [-0.15, -0.1) is 0 Å². The van der Waals surface area contributed by atoms with Crippen molar-refractivity contribution in [3.8, 4) is 0 Å². The molecule has 0 aliphatic heterocycles. The van der Waals surface area contributed by atoms with Crippen LogP contribution in [0.1, 0.15) is 58.8 Å². The molecule has 0 unspecified atom stereocenters. The highest BCUT2D eigenvalue weighted by Gasteiger charge is 2.29. The van der Waals surface area contributed by atoms with Crippen LogP contribution in [0.25, 0.3) is 0 Å². The summed E-state index contributed by atoms with van der Waals surface area (Å²) in [6.07, 6.45) is 11.2. The molecule has 0 aromatic carbocycles. The molecule has 92 valence electrons. The summed E-state index contributed by atoms with van der Waals surface area (Å²) in [4.78, 5) is 0. The third-order valence-electron chi connectivity index (χ3n) is 4.78. The number of allylic oxidation sites excluding steroid dienone is 2. The van der Waals surface area contributed by atoms with E-state index in [1.165, 1.54) is 38.5 Å². The minimum Gasteiger partial charge on any atom is -0.393 e. The SMILES string of the molecule is CC1=CC[C@H]([C@H](C)C[C@H]2CCC[C@H]2O)CC1. The average Bonchev–Trinajstić information content (AvgIpc) is 2.65. The van der Waals surface area contributed by atoms with Crippen molar-refractivity contribution >= 4 is 0 Å². The Labute approximate surface area is 99.9 Å². The monoisotopic (exact) mass is 222 g/mol. The number of rotatable bonds is 3. The van der Waals surface area contributed by atoms with E-state index in [9.17, 15) is 5.11 Å². The molecule has 0 radical (unpaired) electrons. The summed E-state index contributed by atoms with van der Waals surface area (Å²) in [5.74, 6) is 2.26. The Hall–Kier alpha value is -0.300. The smallest absolute Gasteiger partial charge is 0.0568 e. The predicted molar refractivity (Wildman–Crippen MR) is 68.2 cm³/mol. The topological polar surface area (TPSA) is 20.2 Å². The van der Waals surface area contributed by atoms with Gasteiger partial charge >= 0.3 is 0 Å². The van der Waals surface area contributed by atoms with Gasteiger partial charge in [0.2, 0.25) is 0 Å². The van der Waals surface area contributed by atoms with Gasteiger partial charge in [0.15, 0.2) is 0 Å². The maximum Gasteiger partial charge on any atom is 0.0568 e. The van der Waals surface area contributed by atoms with Gasteiger partial charge in [-0.3, -0.25) is 0 Å². The van der Waals surface area contributed by atoms with Crippen molar-refractivity contribution < 1.29 is 5.11 Å². The van der Waals surface area contributed by atoms with Crippen LogP contribution in [0, 0.1) is 17.8 Å². The van der Waals surface area contributed by atoms with Crippen molar-refractivity contribution in [2.75, 3.05) is 0 Å². The van der Waals surface area contributed by atoms with Crippen LogP contribution in [0.5, 0.6) is 0 Å². The molecular formula is C15H26O. The highest BCUT2D eigenvalue weighted by atomic mass is 16.3. The summed E-state index contributed by atoms with van der Waals surface area (Å²) in [6, 6.07) is 0. The minimum absolute atomic E-state index is 0.00307. The molecule has 1 heteroatoms. The van der Waals surface area contributed by atoms with Gasteiger partial charge in [0.1, 0.15) is 0 Å². The lowest BCUT2D eigenvalue weighted by atomic mass is 9.77. The molecule has 1 fully saturated rings. The Morgan fingerprint density at radius 2 is 2.19 bits per heavy atom. The third-order valence-corrected chi connectivity index (χ3v) is 4.78. The first-order valence-electron chi connectivity index (χ1n) is 7.00. The first-order chi connectivity index (χ1) is 7.66. The Bertz CT molecular complexity index is 256. The zero-order chi connectivity index (χ0) is 11.5. The number of hydrogen-bond donors (Lipinski definition) is 1. The van der Waals surface area contributed by atoms with Crippen molar-refractivity contribution in [1.29, 1.82) is 0 Å². The second kappa shape index (κ2) is 5.35. The fourth-order valence-electron chi connectivity index (χ4n) is 3.46. The fraction of sp³-hybridized carbons (Fsp3) is 0.867. The van der Waals surface area contributed by atoms with Crippen LogP contribution < -0.4 is 0 Å². The molecule has 0 spiro atoms. The van der Waals surface area contributed by atoms with E-state index < -0.39 is 0 Å². The lowest BCUT2D eigenvalue weighted by Crippen LogP contribution is -2.21. The van der Waals surface area contributed by atoms with E-state index in [2.05, 4.69) is 19.9 Å². The van der Waals surface area contributed by atoms with Crippen LogP contribution in [-0.2, 0) is 0 Å². The standard InChI is InChI=1S/C15H26O/c1-11-6-8-13(9-7-11)12(2)10-14-4-3-5-15(14)16/h6,12-16H,3-5,7-10H2,1-2H3/t12-,13+,14-,15-/m1/s1. The van der Waals surface area contributed by atoms with Gasteiger partial charge in [0.25, 0.3) is 0 Å². The van der Waals surface area contributed by atoms with Gasteiger partial charge < -0.3 is 5.11 Å². The van der Waals surface area contributed by atoms with Crippen LogP contribution in [0.2, 0.25) is 0 Å². The molecule has 0 amide bonds. The Morgan fingerprint density at radius 3 is 2.75 bits per heavy atom. The summed E-state index contributed by atoms with van der Waals surface area (Å²) >= 11 is 0. The lowest BCUT2D eigenvalue weighted by Gasteiger charge is -2.29. The summed E-state index contributed by atoms with van der Waals surface area (Å²) in [5, 5.41) is 9.87. The van der Waals surface area contributed by atoms with Gasteiger partial charge in [-0.1, -0.05) is 25.0 Å². The van der Waals surface area contributed by atoms with Crippen molar-refractivity contribution in [3.63, 3.8) is 0 Å². The van der Waals surface area contributed by atoms with Crippen molar-refractivity contribution in [2.24, 2.45) is 17.8 Å².